The molecule has 6 nitrogen and oxygen atoms in total. The average Bonchev–Trinajstić information content (AvgIpc) is 2.91. The van der Waals surface area contributed by atoms with Crippen molar-refractivity contribution in [3.8, 4) is 0 Å². The summed E-state index contributed by atoms with van der Waals surface area (Å²) >= 11 is 0. The average molecular weight is 343 g/mol. The zero-order valence-corrected chi connectivity index (χ0v) is 14.7. The molecule has 1 heterocycles. The first-order valence-corrected chi connectivity index (χ1v) is 8.87. The summed E-state index contributed by atoms with van der Waals surface area (Å²) in [5.41, 5.74) is 2.58. The molecule has 0 bridgehead atoms. The Hall–Kier alpha value is -2.34. The zero-order valence-electron chi connectivity index (χ0n) is 14.7. The van der Waals surface area contributed by atoms with Gasteiger partial charge in [0.2, 0.25) is 5.91 Å². The minimum absolute atomic E-state index is 0.0343. The number of hydrogen-bond acceptors (Lipinski definition) is 3. The molecule has 1 N–H and O–H groups in total. The molecule has 25 heavy (non-hydrogen) atoms. The summed E-state index contributed by atoms with van der Waals surface area (Å²) < 4.78 is 8.31. The van der Waals surface area contributed by atoms with Crippen molar-refractivity contribution in [2.75, 3.05) is 20.3 Å². The van der Waals surface area contributed by atoms with E-state index in [9.17, 15) is 9.59 Å². The summed E-state index contributed by atoms with van der Waals surface area (Å²) in [5.74, 6) is -0.154. The van der Waals surface area contributed by atoms with E-state index in [0.29, 0.717) is 13.2 Å². The van der Waals surface area contributed by atoms with Crippen LogP contribution in [0.3, 0.4) is 0 Å². The number of methoxy groups -OCH3 is 1. The molecule has 0 spiro atoms. The molecule has 2 aromatic rings. The summed E-state index contributed by atoms with van der Waals surface area (Å²) in [6, 6.07) is 7.67. The van der Waals surface area contributed by atoms with Crippen LogP contribution < -0.4 is 11.0 Å². The van der Waals surface area contributed by atoms with Gasteiger partial charge in [-0.15, -0.1) is 0 Å². The van der Waals surface area contributed by atoms with Crippen LogP contribution in [-0.2, 0) is 16.1 Å². The third-order valence-corrected chi connectivity index (χ3v) is 4.54. The number of imidazole rings is 1. The van der Waals surface area contributed by atoms with Crippen LogP contribution in [0.2, 0.25) is 0 Å². The number of ether oxygens (including phenoxy) is 1. The van der Waals surface area contributed by atoms with Gasteiger partial charge in [-0.2, -0.15) is 0 Å². The van der Waals surface area contributed by atoms with Crippen LogP contribution in [0, 0.1) is 0 Å². The second kappa shape index (κ2) is 8.16. The van der Waals surface area contributed by atoms with Crippen molar-refractivity contribution < 1.29 is 9.53 Å². The van der Waals surface area contributed by atoms with Gasteiger partial charge in [0.15, 0.2) is 0 Å². The summed E-state index contributed by atoms with van der Waals surface area (Å²) in [7, 11) is 1.64. The van der Waals surface area contributed by atoms with E-state index in [0.717, 1.165) is 42.4 Å². The number of para-hydroxylation sites is 2. The molecule has 3 rings (SSSR count). The molecule has 0 aliphatic heterocycles. The monoisotopic (exact) mass is 343 g/mol. The van der Waals surface area contributed by atoms with E-state index in [-0.39, 0.29) is 18.1 Å². The van der Waals surface area contributed by atoms with Crippen molar-refractivity contribution >= 4 is 22.6 Å². The maximum atomic E-state index is 13.0. The van der Waals surface area contributed by atoms with E-state index in [1.807, 2.05) is 24.3 Å². The van der Waals surface area contributed by atoms with Gasteiger partial charge in [0, 0.05) is 26.0 Å². The van der Waals surface area contributed by atoms with Gasteiger partial charge in [-0.3, -0.25) is 13.9 Å². The molecule has 0 fully saturated rings. The number of amides is 1. The van der Waals surface area contributed by atoms with Crippen LogP contribution in [0.1, 0.15) is 32.1 Å². The Morgan fingerprint density at radius 3 is 2.76 bits per heavy atom. The molecular weight excluding hydrogens is 318 g/mol. The molecule has 134 valence electrons. The first-order valence-electron chi connectivity index (χ1n) is 8.87. The number of nitrogens with zero attached hydrogens (tertiary/aromatic N) is 2. The molecule has 1 amide bonds. The molecule has 1 aromatic carbocycles. The highest BCUT2D eigenvalue weighted by atomic mass is 16.5. The number of aromatic nitrogens is 2. The molecule has 0 unspecified atom stereocenters. The van der Waals surface area contributed by atoms with Crippen LogP contribution in [-0.4, -0.2) is 35.3 Å². The third-order valence-electron chi connectivity index (χ3n) is 4.54. The van der Waals surface area contributed by atoms with E-state index in [1.165, 1.54) is 6.42 Å². The largest absolute Gasteiger partial charge is 0.385 e. The second-order valence-electron chi connectivity index (χ2n) is 6.33. The van der Waals surface area contributed by atoms with E-state index in [2.05, 4.69) is 11.4 Å². The van der Waals surface area contributed by atoms with Crippen molar-refractivity contribution in [2.45, 2.75) is 38.6 Å². The number of carbonyl (C=O) groups excluding carboxylic acids is 1. The number of benzene rings is 1. The molecule has 1 aliphatic rings. The van der Waals surface area contributed by atoms with Crippen molar-refractivity contribution in [1.82, 2.24) is 14.5 Å². The number of carbonyl (C=O) groups is 1. The normalized spacial score (nSPS) is 14.5. The zero-order chi connectivity index (χ0) is 17.6. The maximum Gasteiger partial charge on any atom is 0.333 e. The third kappa shape index (κ3) is 3.85. The van der Waals surface area contributed by atoms with Crippen LogP contribution in [0.5, 0.6) is 0 Å². The van der Waals surface area contributed by atoms with Crippen molar-refractivity contribution in [3.63, 3.8) is 0 Å². The number of fused-ring (bicyclic) bond motifs is 1. The quantitative estimate of drug-likeness (QED) is 0.785. The second-order valence-corrected chi connectivity index (χ2v) is 6.33. The number of hydrogen-bond donors (Lipinski definition) is 1. The number of rotatable bonds is 7. The van der Waals surface area contributed by atoms with Gasteiger partial charge >= 0.3 is 5.69 Å². The fourth-order valence-electron chi connectivity index (χ4n) is 3.31. The van der Waals surface area contributed by atoms with E-state index in [4.69, 9.17) is 4.74 Å². The van der Waals surface area contributed by atoms with E-state index < -0.39 is 0 Å². The van der Waals surface area contributed by atoms with Gasteiger partial charge in [-0.1, -0.05) is 18.2 Å². The highest BCUT2D eigenvalue weighted by molar-refractivity contribution is 5.83. The summed E-state index contributed by atoms with van der Waals surface area (Å²) in [5, 5.41) is 2.84. The van der Waals surface area contributed by atoms with Crippen LogP contribution in [0.15, 0.2) is 35.1 Å². The summed E-state index contributed by atoms with van der Waals surface area (Å²) in [6.45, 7) is 1.19. The first-order chi connectivity index (χ1) is 12.2. The first kappa shape index (κ1) is 17.5. The Bertz CT molecular complexity index is 832. The molecule has 0 radical (unpaired) electrons. The van der Waals surface area contributed by atoms with Gasteiger partial charge < -0.3 is 10.1 Å². The highest BCUT2D eigenvalue weighted by Crippen LogP contribution is 2.24. The molecule has 6 heteroatoms. The Morgan fingerprint density at radius 1 is 1.24 bits per heavy atom. The van der Waals surface area contributed by atoms with Gasteiger partial charge in [-0.05, 0) is 44.2 Å². The van der Waals surface area contributed by atoms with Gasteiger partial charge in [-0.25, -0.2) is 4.79 Å². The van der Waals surface area contributed by atoms with E-state index >= 15 is 0 Å². The number of allylic oxidation sites excluding steroid dienone is 2. The van der Waals surface area contributed by atoms with Crippen molar-refractivity contribution in [1.29, 1.82) is 0 Å². The summed E-state index contributed by atoms with van der Waals surface area (Å²) in [4.78, 5) is 25.2. The Balaban J connectivity index is 1.88. The van der Waals surface area contributed by atoms with Crippen molar-refractivity contribution in [2.24, 2.45) is 0 Å². The predicted molar refractivity (Wildman–Crippen MR) is 98.4 cm³/mol. The lowest BCUT2D eigenvalue weighted by Crippen LogP contribution is -2.33. The van der Waals surface area contributed by atoms with Crippen LogP contribution >= 0.6 is 0 Å². The lowest BCUT2D eigenvalue weighted by atomic mass is 10.0. The standard InChI is InChI=1S/C19H25N3O3/c1-25-13-7-12-20-18(23)14-21-16-10-5-6-11-17(16)22(19(21)24)15-8-3-2-4-9-15/h5-6,8,10-11H,2-4,7,9,12-14H2,1H3,(H,20,23). The predicted octanol–water partition coefficient (Wildman–Crippen LogP) is 2.37. The van der Waals surface area contributed by atoms with Gasteiger partial charge in [0.25, 0.3) is 0 Å². The Labute approximate surface area is 147 Å². The minimum Gasteiger partial charge on any atom is -0.385 e. The van der Waals surface area contributed by atoms with Crippen molar-refractivity contribution in [3.05, 3.63) is 40.8 Å². The smallest absolute Gasteiger partial charge is 0.333 e. The maximum absolute atomic E-state index is 13.0. The molecular formula is C19H25N3O3. The molecule has 0 saturated carbocycles. The Kier molecular flexibility index (Phi) is 5.71. The Morgan fingerprint density at radius 2 is 2.04 bits per heavy atom. The number of nitrogens with one attached hydrogen (secondary N) is 1. The SMILES string of the molecule is COCCCNC(=O)Cn1c(=O)n(C2=CCCCC2)c2ccccc21. The van der Waals surface area contributed by atoms with Crippen LogP contribution in [0.25, 0.3) is 16.7 Å². The highest BCUT2D eigenvalue weighted by Gasteiger charge is 2.18. The van der Waals surface area contributed by atoms with Crippen LogP contribution in [0.4, 0.5) is 0 Å². The van der Waals surface area contributed by atoms with Gasteiger partial charge in [0.05, 0.1) is 11.0 Å². The van der Waals surface area contributed by atoms with Gasteiger partial charge in [0.1, 0.15) is 6.54 Å². The topological polar surface area (TPSA) is 65.3 Å². The molecule has 0 saturated heterocycles. The molecule has 0 atom stereocenters. The lowest BCUT2D eigenvalue weighted by Gasteiger charge is -2.13. The lowest BCUT2D eigenvalue weighted by molar-refractivity contribution is -0.121. The minimum atomic E-state index is -0.154. The fraction of sp³-hybridized carbons (Fsp3) is 0.474. The molecule has 1 aliphatic carbocycles. The summed E-state index contributed by atoms with van der Waals surface area (Å²) in [6.07, 6.45) is 7.06. The fourth-order valence-corrected chi connectivity index (χ4v) is 3.31. The molecule has 1 aromatic heterocycles. The van der Waals surface area contributed by atoms with E-state index in [1.54, 1.807) is 16.2 Å².